The first-order valence-corrected chi connectivity index (χ1v) is 19.2. The zero-order chi connectivity index (χ0) is 27.7. The van der Waals surface area contributed by atoms with E-state index in [0.29, 0.717) is 0 Å². The molecule has 0 spiro atoms. The third-order valence-corrected chi connectivity index (χ3v) is 13.4. The number of benzene rings is 3. The van der Waals surface area contributed by atoms with Crippen LogP contribution in [0.5, 0.6) is 0 Å². The number of aryl methyl sites for hydroxylation is 1. The lowest BCUT2D eigenvalue weighted by Crippen LogP contribution is -2.44. The number of nitrogens with zero attached hydrogens (tertiary/aromatic N) is 1. The van der Waals surface area contributed by atoms with Gasteiger partial charge in [-0.05, 0) is 84.7 Å². The summed E-state index contributed by atoms with van der Waals surface area (Å²) in [5.74, 6) is 1.46. The molecule has 0 unspecified atom stereocenters. The number of fused-ring (bicyclic) bond motifs is 1. The van der Waals surface area contributed by atoms with Gasteiger partial charge >= 0.3 is 0 Å². The molecule has 0 amide bonds. The van der Waals surface area contributed by atoms with Gasteiger partial charge in [-0.15, -0.1) is 0 Å². The van der Waals surface area contributed by atoms with E-state index >= 15 is 0 Å². The van der Waals surface area contributed by atoms with Gasteiger partial charge in [-0.25, -0.2) is 4.57 Å². The molecule has 0 radical (unpaired) electrons. The van der Waals surface area contributed by atoms with Crippen molar-refractivity contribution in [1.82, 2.24) is 0 Å². The highest BCUT2D eigenvalue weighted by molar-refractivity contribution is 6.89. The van der Waals surface area contributed by atoms with Crippen LogP contribution >= 0.6 is 0 Å². The van der Waals surface area contributed by atoms with Crippen molar-refractivity contribution in [2.24, 2.45) is 7.05 Å². The molecule has 2 aliphatic rings. The van der Waals surface area contributed by atoms with Crippen LogP contribution in [0, 0.1) is 6.92 Å². The fraction of sp³-hybridized carbons (Fsp3) is 0.447. The molecule has 1 nitrogen and oxygen atoms in total. The second-order valence-corrected chi connectivity index (χ2v) is 18.3. The van der Waals surface area contributed by atoms with Gasteiger partial charge in [0.25, 0.3) is 0 Å². The van der Waals surface area contributed by atoms with Gasteiger partial charge < -0.3 is 0 Å². The largest absolute Gasteiger partial charge is 0.220 e. The molecule has 2 aliphatic carbocycles. The Morgan fingerprint density at radius 2 is 1.43 bits per heavy atom. The summed E-state index contributed by atoms with van der Waals surface area (Å²) in [6.07, 6.45) is 16.1. The predicted molar refractivity (Wildman–Crippen MR) is 174 cm³/mol. The van der Waals surface area contributed by atoms with Crippen molar-refractivity contribution < 1.29 is 4.57 Å². The Labute approximate surface area is 243 Å². The molecule has 1 aromatic heterocycles. The second-order valence-electron chi connectivity index (χ2n) is 13.6. The lowest BCUT2D eigenvalue weighted by atomic mass is 9.76. The maximum atomic E-state index is 2.66. The number of aromatic nitrogens is 1. The topological polar surface area (TPSA) is 3.88 Å². The van der Waals surface area contributed by atoms with Gasteiger partial charge in [0.2, 0.25) is 5.69 Å². The van der Waals surface area contributed by atoms with E-state index in [1.165, 1.54) is 103 Å². The van der Waals surface area contributed by atoms with Crippen molar-refractivity contribution in [3.8, 4) is 11.3 Å². The average Bonchev–Trinajstić information content (AvgIpc) is 2.98. The quantitative estimate of drug-likeness (QED) is 0.167. The van der Waals surface area contributed by atoms with Crippen LogP contribution in [0.4, 0.5) is 0 Å². The van der Waals surface area contributed by atoms with Crippen LogP contribution in [0.1, 0.15) is 98.3 Å². The van der Waals surface area contributed by atoms with E-state index in [0.717, 1.165) is 11.8 Å². The molecule has 0 bridgehead atoms. The van der Waals surface area contributed by atoms with E-state index in [1.54, 1.807) is 16.3 Å². The highest BCUT2D eigenvalue weighted by atomic mass is 28.3. The summed E-state index contributed by atoms with van der Waals surface area (Å²) < 4.78 is 2.40. The molecule has 4 aromatic rings. The van der Waals surface area contributed by atoms with Crippen molar-refractivity contribution >= 4 is 24.0 Å². The fourth-order valence-electron chi connectivity index (χ4n) is 7.85. The molecule has 0 saturated heterocycles. The average molecular weight is 547 g/mol. The molecule has 2 heteroatoms. The van der Waals surface area contributed by atoms with E-state index in [9.17, 15) is 0 Å². The van der Waals surface area contributed by atoms with Crippen molar-refractivity contribution in [3.05, 3.63) is 95.2 Å². The molecule has 1 heterocycles. The molecule has 40 heavy (non-hydrogen) atoms. The van der Waals surface area contributed by atoms with Crippen LogP contribution in [0.15, 0.2) is 72.9 Å². The molecular formula is C38H48NSi+. The van der Waals surface area contributed by atoms with Crippen LogP contribution in [-0.4, -0.2) is 8.07 Å². The van der Waals surface area contributed by atoms with Crippen LogP contribution in [0.25, 0.3) is 22.0 Å². The van der Waals surface area contributed by atoms with E-state index < -0.39 is 8.07 Å². The van der Waals surface area contributed by atoms with Gasteiger partial charge in [0.05, 0.1) is 19.0 Å². The molecule has 3 aromatic carbocycles. The van der Waals surface area contributed by atoms with E-state index in [4.69, 9.17) is 0 Å². The van der Waals surface area contributed by atoms with Crippen molar-refractivity contribution in [2.75, 3.05) is 0 Å². The number of hydrogen-bond acceptors (Lipinski definition) is 0. The van der Waals surface area contributed by atoms with Crippen LogP contribution in [0.3, 0.4) is 0 Å². The summed E-state index contributed by atoms with van der Waals surface area (Å²) in [4.78, 5) is 0. The standard InChI is InChI=1S/C38H48NSi/c1-28-36(31-18-12-7-13-19-31)25-33(30-16-10-6-11-17-30)26-37(28)38-35-21-20-34(24-32(35)22-23-39(38)2)40(3,4)27-29-14-8-5-9-15-29/h5,8-9,14-15,20-26,30-31H,6-7,10-13,16-19,27H2,1-4H3/q+1. The summed E-state index contributed by atoms with van der Waals surface area (Å²) in [7, 11) is 0.625. The number of rotatable bonds is 6. The minimum atomic E-state index is -1.63. The first-order valence-electron chi connectivity index (χ1n) is 16.0. The maximum absolute atomic E-state index is 2.66. The Balaban J connectivity index is 1.46. The lowest BCUT2D eigenvalue weighted by molar-refractivity contribution is -0.659. The zero-order valence-electron chi connectivity index (χ0n) is 25.3. The van der Waals surface area contributed by atoms with Gasteiger partial charge in [0, 0.05) is 6.07 Å². The van der Waals surface area contributed by atoms with Gasteiger partial charge in [-0.3, -0.25) is 0 Å². The van der Waals surface area contributed by atoms with Gasteiger partial charge in [-0.1, -0.05) is 111 Å². The maximum Gasteiger partial charge on any atom is 0.220 e. The SMILES string of the molecule is Cc1c(-c2c3ccc([Si](C)(C)Cc4ccccc4)cc3cc[n+]2C)cc(C2CCCCC2)cc1C1CCCCC1. The summed E-state index contributed by atoms with van der Waals surface area (Å²) >= 11 is 0. The third kappa shape index (κ3) is 5.57. The Kier molecular flexibility index (Phi) is 7.99. The van der Waals surface area contributed by atoms with E-state index in [1.807, 2.05) is 0 Å². The Morgan fingerprint density at radius 1 is 0.750 bits per heavy atom. The minimum Gasteiger partial charge on any atom is -0.200 e. The Morgan fingerprint density at radius 3 is 2.12 bits per heavy atom. The molecule has 0 N–H and O–H groups in total. The summed E-state index contributed by atoms with van der Waals surface area (Å²) in [5.41, 5.74) is 9.14. The molecule has 208 valence electrons. The van der Waals surface area contributed by atoms with Gasteiger partial charge in [0.15, 0.2) is 6.20 Å². The van der Waals surface area contributed by atoms with Crippen molar-refractivity contribution in [1.29, 1.82) is 0 Å². The molecular weight excluding hydrogens is 499 g/mol. The van der Waals surface area contributed by atoms with Crippen LogP contribution < -0.4 is 9.75 Å². The minimum absolute atomic E-state index is 0.729. The molecule has 6 rings (SSSR count). The fourth-order valence-corrected chi connectivity index (χ4v) is 10.4. The Hall–Kier alpha value is -2.71. The lowest BCUT2D eigenvalue weighted by Gasteiger charge is -2.28. The summed E-state index contributed by atoms with van der Waals surface area (Å²) in [6.45, 7) is 7.48. The normalized spacial score (nSPS) is 17.4. The van der Waals surface area contributed by atoms with Crippen LogP contribution in [-0.2, 0) is 13.1 Å². The monoisotopic (exact) mass is 546 g/mol. The molecule has 0 atom stereocenters. The molecule has 0 aliphatic heterocycles. The second kappa shape index (κ2) is 11.6. The van der Waals surface area contributed by atoms with Crippen LogP contribution in [0.2, 0.25) is 13.1 Å². The summed E-state index contributed by atoms with van der Waals surface area (Å²) in [6, 6.07) is 27.3. The number of hydrogen-bond donors (Lipinski definition) is 0. The van der Waals surface area contributed by atoms with E-state index in [-0.39, 0.29) is 0 Å². The highest BCUT2D eigenvalue weighted by Gasteiger charge is 2.28. The third-order valence-electron chi connectivity index (χ3n) is 10.3. The predicted octanol–water partition coefficient (Wildman–Crippen LogP) is 9.43. The highest BCUT2D eigenvalue weighted by Crippen LogP contribution is 2.42. The van der Waals surface area contributed by atoms with Gasteiger partial charge in [0.1, 0.15) is 7.05 Å². The van der Waals surface area contributed by atoms with E-state index in [2.05, 4.69) is 105 Å². The van der Waals surface area contributed by atoms with Crippen molar-refractivity contribution in [3.63, 3.8) is 0 Å². The molecule has 2 saturated carbocycles. The number of pyridine rings is 1. The first-order chi connectivity index (χ1) is 19.4. The van der Waals surface area contributed by atoms with Crippen molar-refractivity contribution in [2.45, 2.75) is 102 Å². The molecule has 2 fully saturated rings. The first kappa shape index (κ1) is 27.5. The smallest absolute Gasteiger partial charge is 0.200 e. The summed E-state index contributed by atoms with van der Waals surface area (Å²) in [5, 5.41) is 4.34. The Bertz CT molecular complexity index is 1470. The van der Waals surface area contributed by atoms with Gasteiger partial charge in [-0.2, -0.15) is 0 Å². The zero-order valence-corrected chi connectivity index (χ0v) is 26.3.